The molecule has 0 saturated heterocycles. The van der Waals surface area contributed by atoms with E-state index in [2.05, 4.69) is 0 Å². The molecule has 62 valence electrons. The molecule has 0 unspecified atom stereocenters. The van der Waals surface area contributed by atoms with E-state index >= 15 is 0 Å². The second-order valence-electron chi connectivity index (χ2n) is 2.23. The van der Waals surface area contributed by atoms with E-state index in [4.69, 9.17) is 21.8 Å². The van der Waals surface area contributed by atoms with Crippen LogP contribution in [-0.2, 0) is 0 Å². The van der Waals surface area contributed by atoms with Crippen molar-refractivity contribution in [2.45, 2.75) is 12.5 Å². The Morgan fingerprint density at radius 2 is 2.36 bits per heavy atom. The van der Waals surface area contributed by atoms with Crippen molar-refractivity contribution < 1.29 is 8.81 Å². The topological polar surface area (TPSA) is 39.2 Å². The van der Waals surface area contributed by atoms with E-state index < -0.39 is 6.67 Å². The van der Waals surface area contributed by atoms with Crippen LogP contribution in [0.4, 0.5) is 4.39 Å². The normalized spacial score (nSPS) is 13.4. The second kappa shape index (κ2) is 3.74. The summed E-state index contributed by atoms with van der Waals surface area (Å²) in [7, 11) is 0. The Morgan fingerprint density at radius 3 is 2.82 bits per heavy atom. The van der Waals surface area contributed by atoms with Gasteiger partial charge in [0.05, 0.1) is 12.7 Å². The zero-order valence-corrected chi connectivity index (χ0v) is 6.64. The molecule has 2 nitrogen and oxygen atoms in total. The van der Waals surface area contributed by atoms with Gasteiger partial charge in [-0.05, 0) is 30.2 Å². The van der Waals surface area contributed by atoms with Crippen LogP contribution in [0.5, 0.6) is 0 Å². The van der Waals surface area contributed by atoms with Crippen molar-refractivity contribution in [3.05, 3.63) is 23.1 Å². The molecule has 0 radical (unpaired) electrons. The molecule has 4 heteroatoms. The molecule has 1 aromatic heterocycles. The highest BCUT2D eigenvalue weighted by molar-refractivity contribution is 6.28. The fourth-order valence-corrected chi connectivity index (χ4v) is 0.939. The molecular weight excluding hydrogens is 169 g/mol. The highest BCUT2D eigenvalue weighted by Gasteiger charge is 2.09. The third-order valence-corrected chi connectivity index (χ3v) is 1.58. The summed E-state index contributed by atoms with van der Waals surface area (Å²) in [5, 5.41) is 0.286. The Morgan fingerprint density at radius 1 is 1.64 bits per heavy atom. The van der Waals surface area contributed by atoms with Crippen LogP contribution >= 0.6 is 11.6 Å². The molecule has 1 aromatic rings. The Kier molecular flexibility index (Phi) is 2.91. The standard InChI is InChI=1S/C7H9ClFNO/c8-7-2-1-6(11-7)5(10)3-4-9/h1-2,5H,3-4,10H2/t5-/m1/s1. The lowest BCUT2D eigenvalue weighted by Gasteiger charge is -2.03. The van der Waals surface area contributed by atoms with Crippen molar-refractivity contribution in [1.82, 2.24) is 0 Å². The van der Waals surface area contributed by atoms with Crippen LogP contribution < -0.4 is 5.73 Å². The van der Waals surface area contributed by atoms with Crippen LogP contribution in [0.3, 0.4) is 0 Å². The van der Waals surface area contributed by atoms with E-state index in [0.29, 0.717) is 5.76 Å². The van der Waals surface area contributed by atoms with Gasteiger partial charge in [-0.2, -0.15) is 0 Å². The SMILES string of the molecule is N[C@H](CCF)c1ccc(Cl)o1. The van der Waals surface area contributed by atoms with Crippen LogP contribution in [0.1, 0.15) is 18.2 Å². The van der Waals surface area contributed by atoms with Crippen molar-refractivity contribution >= 4 is 11.6 Å². The van der Waals surface area contributed by atoms with Gasteiger partial charge in [0, 0.05) is 0 Å². The number of hydrogen-bond donors (Lipinski definition) is 1. The lowest BCUT2D eigenvalue weighted by atomic mass is 10.2. The Bertz CT molecular complexity index is 226. The summed E-state index contributed by atoms with van der Waals surface area (Å²) in [6.07, 6.45) is 0.268. The fraction of sp³-hybridized carbons (Fsp3) is 0.429. The minimum atomic E-state index is -0.445. The van der Waals surface area contributed by atoms with E-state index in [1.54, 1.807) is 12.1 Å². The van der Waals surface area contributed by atoms with Crippen molar-refractivity contribution in [2.75, 3.05) is 6.67 Å². The Labute approximate surface area is 69.1 Å². The highest BCUT2D eigenvalue weighted by atomic mass is 35.5. The maximum absolute atomic E-state index is 11.8. The third kappa shape index (κ3) is 2.20. The van der Waals surface area contributed by atoms with E-state index in [1.807, 2.05) is 0 Å². The number of alkyl halides is 1. The average molecular weight is 178 g/mol. The van der Waals surface area contributed by atoms with Gasteiger partial charge in [-0.25, -0.2) is 0 Å². The summed E-state index contributed by atoms with van der Waals surface area (Å²) in [5.74, 6) is 0.535. The fourth-order valence-electron chi connectivity index (χ4n) is 0.787. The van der Waals surface area contributed by atoms with E-state index in [1.165, 1.54) is 0 Å². The van der Waals surface area contributed by atoms with Gasteiger partial charge in [0.2, 0.25) is 0 Å². The molecule has 0 aliphatic rings. The van der Waals surface area contributed by atoms with Crippen LogP contribution in [0.15, 0.2) is 16.5 Å². The predicted molar refractivity (Wildman–Crippen MR) is 41.2 cm³/mol. The number of furan rings is 1. The first kappa shape index (κ1) is 8.56. The van der Waals surface area contributed by atoms with Gasteiger partial charge in [0.25, 0.3) is 0 Å². The molecule has 0 saturated carbocycles. The molecule has 1 rings (SSSR count). The molecule has 2 N–H and O–H groups in total. The van der Waals surface area contributed by atoms with E-state index in [-0.39, 0.29) is 17.7 Å². The molecule has 0 fully saturated rings. The first-order chi connectivity index (χ1) is 5.24. The first-order valence-electron chi connectivity index (χ1n) is 3.31. The van der Waals surface area contributed by atoms with Crippen molar-refractivity contribution in [3.63, 3.8) is 0 Å². The van der Waals surface area contributed by atoms with E-state index in [9.17, 15) is 4.39 Å². The molecule has 0 spiro atoms. The molecule has 11 heavy (non-hydrogen) atoms. The molecule has 0 aliphatic carbocycles. The van der Waals surface area contributed by atoms with Crippen molar-refractivity contribution in [1.29, 1.82) is 0 Å². The van der Waals surface area contributed by atoms with Gasteiger partial charge in [-0.3, -0.25) is 4.39 Å². The van der Waals surface area contributed by atoms with Gasteiger partial charge < -0.3 is 10.2 Å². The summed E-state index contributed by atoms with van der Waals surface area (Å²) < 4.78 is 16.8. The largest absolute Gasteiger partial charge is 0.448 e. The highest BCUT2D eigenvalue weighted by Crippen LogP contribution is 2.20. The van der Waals surface area contributed by atoms with E-state index in [0.717, 1.165) is 0 Å². The Balaban J connectivity index is 2.60. The van der Waals surface area contributed by atoms with Gasteiger partial charge >= 0.3 is 0 Å². The third-order valence-electron chi connectivity index (χ3n) is 1.38. The smallest absolute Gasteiger partial charge is 0.193 e. The van der Waals surface area contributed by atoms with Crippen LogP contribution in [0.2, 0.25) is 5.22 Å². The monoisotopic (exact) mass is 177 g/mol. The first-order valence-corrected chi connectivity index (χ1v) is 3.68. The lowest BCUT2D eigenvalue weighted by Crippen LogP contribution is -2.09. The summed E-state index contributed by atoms with van der Waals surface area (Å²) in [6.45, 7) is -0.445. The maximum Gasteiger partial charge on any atom is 0.193 e. The maximum atomic E-state index is 11.8. The molecule has 0 amide bonds. The molecule has 0 aromatic carbocycles. The number of halogens is 2. The molecule has 1 heterocycles. The predicted octanol–water partition coefficient (Wildman–Crippen LogP) is 2.29. The zero-order valence-electron chi connectivity index (χ0n) is 5.89. The lowest BCUT2D eigenvalue weighted by molar-refractivity contribution is 0.397. The molecule has 0 aliphatic heterocycles. The summed E-state index contributed by atoms with van der Waals surface area (Å²) in [5.41, 5.74) is 5.53. The minimum absolute atomic E-state index is 0.268. The summed E-state index contributed by atoms with van der Waals surface area (Å²) in [6, 6.07) is 2.87. The van der Waals surface area contributed by atoms with Crippen molar-refractivity contribution in [3.8, 4) is 0 Å². The molecule has 0 bridgehead atoms. The average Bonchev–Trinajstić information content (AvgIpc) is 2.36. The van der Waals surface area contributed by atoms with Crippen LogP contribution in [0, 0.1) is 0 Å². The van der Waals surface area contributed by atoms with Crippen LogP contribution in [-0.4, -0.2) is 6.67 Å². The summed E-state index contributed by atoms with van der Waals surface area (Å²) in [4.78, 5) is 0. The van der Waals surface area contributed by atoms with Gasteiger partial charge in [0.1, 0.15) is 5.76 Å². The molecular formula is C7H9ClFNO. The zero-order chi connectivity index (χ0) is 8.27. The van der Waals surface area contributed by atoms with Crippen LogP contribution in [0.25, 0.3) is 0 Å². The number of hydrogen-bond acceptors (Lipinski definition) is 2. The second-order valence-corrected chi connectivity index (χ2v) is 2.60. The Hall–Kier alpha value is -0.540. The van der Waals surface area contributed by atoms with Crippen molar-refractivity contribution in [2.24, 2.45) is 5.73 Å². The quantitative estimate of drug-likeness (QED) is 0.770. The van der Waals surface area contributed by atoms with Gasteiger partial charge in [-0.15, -0.1) is 0 Å². The van der Waals surface area contributed by atoms with Gasteiger partial charge in [-0.1, -0.05) is 0 Å². The minimum Gasteiger partial charge on any atom is -0.448 e. The number of nitrogens with two attached hydrogens (primary N) is 1. The van der Waals surface area contributed by atoms with Gasteiger partial charge in [0.15, 0.2) is 5.22 Å². The summed E-state index contributed by atoms with van der Waals surface area (Å²) >= 11 is 5.49. The molecule has 1 atom stereocenters. The number of rotatable bonds is 3.